The molecule has 1 saturated heterocycles. The normalized spacial score (nSPS) is 13.2. The number of hydrogen-bond acceptors (Lipinski definition) is 13. The van der Waals surface area contributed by atoms with Crippen LogP contribution >= 0.6 is 0 Å². The molecule has 23 nitrogen and oxygen atoms in total. The second-order valence-electron chi connectivity index (χ2n) is 17.0. The van der Waals surface area contributed by atoms with Gasteiger partial charge in [0.25, 0.3) is 11.8 Å². The lowest BCUT2D eigenvalue weighted by atomic mass is 10.1. The number of nitrogens with one attached hydrogen (secondary N) is 2. The number of allylic oxidation sites excluding steroid dienone is 2. The predicted molar refractivity (Wildman–Crippen MR) is 284 cm³/mol. The van der Waals surface area contributed by atoms with Crippen LogP contribution in [0, 0.1) is 19.8 Å². The van der Waals surface area contributed by atoms with Crippen LogP contribution in [-0.2, 0) is 40.6 Å². The second-order valence-corrected chi connectivity index (χ2v) is 17.0. The number of ether oxygens (including phenoxy) is 2. The third-order valence-electron chi connectivity index (χ3n) is 12.2. The highest BCUT2D eigenvalue weighted by molar-refractivity contribution is 6.06. The molecule has 5 heterocycles. The van der Waals surface area contributed by atoms with Gasteiger partial charge in [-0.3, -0.25) is 58.5 Å². The van der Waals surface area contributed by atoms with E-state index in [9.17, 15) is 33.6 Å². The summed E-state index contributed by atoms with van der Waals surface area (Å²) >= 11 is 0. The summed E-state index contributed by atoms with van der Waals surface area (Å²) in [5, 5.41) is 14.6. The van der Waals surface area contributed by atoms with E-state index in [1.165, 1.54) is 36.3 Å². The summed E-state index contributed by atoms with van der Waals surface area (Å²) < 4.78 is 18.6. The first-order valence-electron chi connectivity index (χ1n) is 25.3. The molecule has 6 aromatic rings. The van der Waals surface area contributed by atoms with Gasteiger partial charge in [0.05, 0.1) is 36.1 Å². The van der Waals surface area contributed by atoms with E-state index in [1.807, 2.05) is 48.5 Å². The minimum absolute atomic E-state index is 0.0119. The van der Waals surface area contributed by atoms with E-state index in [2.05, 4.69) is 25.8 Å². The number of amides is 7. The van der Waals surface area contributed by atoms with Crippen molar-refractivity contribution in [3.05, 3.63) is 82.5 Å². The summed E-state index contributed by atoms with van der Waals surface area (Å²) in [4.78, 5) is 103. The first-order valence-corrected chi connectivity index (χ1v) is 25.3. The van der Waals surface area contributed by atoms with Crippen molar-refractivity contribution >= 4 is 75.3 Å². The first-order chi connectivity index (χ1) is 36.0. The van der Waals surface area contributed by atoms with Crippen molar-refractivity contribution in [3.63, 3.8) is 0 Å². The molecule has 2 aromatic carbocycles. The van der Waals surface area contributed by atoms with Crippen molar-refractivity contribution in [2.75, 3.05) is 44.5 Å². The molecular formula is C52H70N14O9. The number of hydrogen-bond donors (Lipinski definition) is 4. The summed E-state index contributed by atoms with van der Waals surface area (Å²) in [5.41, 5.74) is 15.1. The van der Waals surface area contributed by atoms with Gasteiger partial charge in [0.15, 0.2) is 0 Å². The Morgan fingerprint density at radius 2 is 1.23 bits per heavy atom. The maximum atomic E-state index is 13.9. The van der Waals surface area contributed by atoms with Crippen molar-refractivity contribution in [1.29, 1.82) is 0 Å². The fourth-order valence-corrected chi connectivity index (χ4v) is 8.50. The number of benzene rings is 2. The SMILES string of the molecule is CC.CC.CCC1CC(=O)N(CCC(=O)N(C)CCCOc2cc(C(N)=O)cc3nc(NC(=O)c4cc(C)nn4CC)n(C/C=C/Cn4c(NC(=O)c5cc(C)nn5CC)nc5cc(C(N)=O)cc(OC)c54)c23)C1=O. The van der Waals surface area contributed by atoms with Gasteiger partial charge in [-0.2, -0.15) is 10.2 Å². The van der Waals surface area contributed by atoms with Crippen LogP contribution in [0.25, 0.3) is 22.1 Å². The molecule has 0 saturated carbocycles. The van der Waals surface area contributed by atoms with E-state index in [-0.39, 0.29) is 109 Å². The Kier molecular flexibility index (Phi) is 20.0. The van der Waals surface area contributed by atoms with E-state index >= 15 is 0 Å². The number of rotatable bonds is 22. The molecule has 75 heavy (non-hydrogen) atoms. The molecule has 0 bridgehead atoms. The number of fused-ring (bicyclic) bond motifs is 2. The summed E-state index contributed by atoms with van der Waals surface area (Å²) in [7, 11) is 3.06. The number of carbonyl (C=O) groups excluding carboxylic acids is 7. The predicted octanol–water partition coefficient (Wildman–Crippen LogP) is 5.86. The molecule has 1 unspecified atom stereocenters. The number of imidazole rings is 2. The highest BCUT2D eigenvalue weighted by atomic mass is 16.5. The third-order valence-corrected chi connectivity index (χ3v) is 12.2. The number of carbonyl (C=O) groups is 7. The fourth-order valence-electron chi connectivity index (χ4n) is 8.50. The van der Waals surface area contributed by atoms with Gasteiger partial charge < -0.3 is 35.0 Å². The molecule has 1 aliphatic rings. The summed E-state index contributed by atoms with van der Waals surface area (Å²) in [5.74, 6) is -2.76. The monoisotopic (exact) mass is 1030 g/mol. The van der Waals surface area contributed by atoms with Gasteiger partial charge in [-0.05, 0) is 76.9 Å². The fraction of sp³-hybridized carbons (Fsp3) is 0.442. The summed E-state index contributed by atoms with van der Waals surface area (Å²) in [6.07, 6.45) is 4.64. The summed E-state index contributed by atoms with van der Waals surface area (Å²) in [6, 6.07) is 9.31. The van der Waals surface area contributed by atoms with E-state index in [0.29, 0.717) is 65.3 Å². The second kappa shape index (κ2) is 26.0. The Morgan fingerprint density at radius 1 is 0.747 bits per heavy atom. The van der Waals surface area contributed by atoms with Gasteiger partial charge in [-0.25, -0.2) is 9.97 Å². The number of nitrogens with zero attached hydrogens (tertiary/aromatic N) is 10. The molecule has 7 rings (SSSR count). The van der Waals surface area contributed by atoms with Crippen LogP contribution in [0.1, 0.15) is 127 Å². The van der Waals surface area contributed by atoms with Crippen molar-refractivity contribution in [1.82, 2.24) is 48.5 Å². The van der Waals surface area contributed by atoms with Crippen LogP contribution in [0.4, 0.5) is 11.9 Å². The number of anilines is 2. The van der Waals surface area contributed by atoms with Gasteiger partial charge in [0.2, 0.25) is 41.4 Å². The maximum Gasteiger partial charge on any atom is 0.276 e. The number of nitrogens with two attached hydrogens (primary N) is 2. The van der Waals surface area contributed by atoms with Crippen LogP contribution in [0.2, 0.25) is 0 Å². The zero-order chi connectivity index (χ0) is 55.3. The Morgan fingerprint density at radius 3 is 1.67 bits per heavy atom. The van der Waals surface area contributed by atoms with Crippen molar-refractivity contribution in [3.8, 4) is 11.5 Å². The van der Waals surface area contributed by atoms with Crippen LogP contribution in [0.5, 0.6) is 11.5 Å². The van der Waals surface area contributed by atoms with Crippen molar-refractivity contribution in [2.24, 2.45) is 17.4 Å². The maximum absolute atomic E-state index is 13.9. The van der Waals surface area contributed by atoms with Crippen LogP contribution < -0.4 is 31.6 Å². The summed E-state index contributed by atoms with van der Waals surface area (Å²) in [6.45, 7) is 18.6. The molecule has 402 valence electrons. The zero-order valence-corrected chi connectivity index (χ0v) is 44.8. The average Bonchev–Trinajstić information content (AvgIpc) is 4.22. The molecule has 1 aliphatic heterocycles. The van der Waals surface area contributed by atoms with Crippen molar-refractivity contribution in [2.45, 2.75) is 114 Å². The number of aromatic nitrogens is 8. The topological polar surface area (TPSA) is 292 Å². The van der Waals surface area contributed by atoms with Gasteiger partial charge in [-0.15, -0.1) is 0 Å². The first kappa shape index (κ1) is 57.5. The standard InChI is InChI=1S/C48H58N14O9.2C2H6/c1-8-29-26-39(64)58(46(29)69)18-14-38(63)57(6)15-13-19-71-37-25-31(43(50)66)23-33-41(37)60(48(52-33)54-45(68)35-21-28(5)56-62(35)10-3)17-12-11-16-59-40-32(22-30(42(49)65)24-36(40)70-7)51-47(59)53-44(67)34-20-27(4)55-61(34)9-2;2*1-2/h11-12,20-25,29H,8-10,13-19,26H2,1-7H3,(H2,49,65)(H2,50,66)(H,51,53,67)(H,52,54,68);2*1-2H3/b12-11+;;. The zero-order valence-electron chi connectivity index (χ0n) is 44.8. The highest BCUT2D eigenvalue weighted by Crippen LogP contribution is 2.33. The Balaban J connectivity index is 0.00000254. The minimum Gasteiger partial charge on any atom is -0.494 e. The lowest BCUT2D eigenvalue weighted by molar-refractivity contribution is -0.140. The Bertz CT molecular complexity index is 3110. The Labute approximate surface area is 435 Å². The van der Waals surface area contributed by atoms with Crippen molar-refractivity contribution < 1.29 is 43.0 Å². The Hall–Kier alpha value is -8.37. The number of methoxy groups -OCH3 is 1. The minimum atomic E-state index is -0.743. The third kappa shape index (κ3) is 13.1. The van der Waals surface area contributed by atoms with E-state index in [0.717, 1.165) is 4.90 Å². The number of likely N-dealkylation sites (tertiary alicyclic amines) is 1. The lowest BCUT2D eigenvalue weighted by Crippen LogP contribution is -2.36. The molecular weight excluding hydrogens is 965 g/mol. The molecule has 23 heteroatoms. The number of aryl methyl sites for hydroxylation is 4. The molecule has 6 N–H and O–H groups in total. The largest absolute Gasteiger partial charge is 0.494 e. The lowest BCUT2D eigenvalue weighted by Gasteiger charge is -2.20. The molecule has 0 spiro atoms. The van der Waals surface area contributed by atoms with E-state index in [1.54, 1.807) is 63.7 Å². The molecule has 1 fully saturated rings. The van der Waals surface area contributed by atoms with Gasteiger partial charge in [0.1, 0.15) is 33.9 Å². The molecule has 7 amide bonds. The van der Waals surface area contributed by atoms with Crippen LogP contribution in [0.15, 0.2) is 48.6 Å². The van der Waals surface area contributed by atoms with Crippen LogP contribution in [0.3, 0.4) is 0 Å². The number of imide groups is 1. The van der Waals surface area contributed by atoms with E-state index < -0.39 is 23.6 Å². The smallest absolute Gasteiger partial charge is 0.276 e. The van der Waals surface area contributed by atoms with Gasteiger partial charge in [0, 0.05) is 76.2 Å². The van der Waals surface area contributed by atoms with Gasteiger partial charge in [-0.1, -0.05) is 46.8 Å². The molecule has 0 aliphatic carbocycles. The molecule has 0 radical (unpaired) electrons. The van der Waals surface area contributed by atoms with Crippen LogP contribution in [-0.4, -0.2) is 124 Å². The van der Waals surface area contributed by atoms with Gasteiger partial charge >= 0.3 is 0 Å². The molecule has 1 atom stereocenters. The quantitative estimate of drug-likeness (QED) is 0.0353. The number of primary amides is 2. The average molecular weight is 1040 g/mol. The molecule has 4 aromatic heterocycles. The van der Waals surface area contributed by atoms with E-state index in [4.69, 9.17) is 25.9 Å². The highest BCUT2D eigenvalue weighted by Gasteiger charge is 2.37.